The quantitative estimate of drug-likeness (QED) is 0.851. The number of carboxylic acid groups (broad SMARTS) is 1. The maximum Gasteiger partial charge on any atom is 0.424 e. The van der Waals surface area contributed by atoms with Gasteiger partial charge in [0.05, 0.1) is 6.42 Å². The number of rotatable bonds is 4. The molecule has 0 aliphatic carbocycles. The molecule has 10 heteroatoms. The lowest BCUT2D eigenvalue weighted by atomic mass is 9.95. The number of aliphatic carboxylic acids is 1. The minimum absolute atomic E-state index is 0.0342. The molecule has 134 valence electrons. The molecule has 0 aromatic carbocycles. The molecule has 6 nitrogen and oxygen atoms in total. The molecule has 1 saturated heterocycles. The summed E-state index contributed by atoms with van der Waals surface area (Å²) in [6.45, 7) is 2.80. The summed E-state index contributed by atoms with van der Waals surface area (Å²) in [5.41, 5.74) is -4.71. The van der Waals surface area contributed by atoms with Gasteiger partial charge in [-0.2, -0.15) is 13.2 Å². The Morgan fingerprint density at radius 1 is 1.46 bits per heavy atom. The van der Waals surface area contributed by atoms with E-state index in [1.165, 1.54) is 19.2 Å². The van der Waals surface area contributed by atoms with E-state index in [0.29, 0.717) is 23.5 Å². The Morgan fingerprint density at radius 3 is 2.54 bits per heavy atom. The van der Waals surface area contributed by atoms with Crippen LogP contribution in [-0.2, 0) is 15.2 Å². The molecule has 0 saturated carbocycles. The number of halogens is 3. The van der Waals surface area contributed by atoms with Crippen molar-refractivity contribution < 1.29 is 33.0 Å². The van der Waals surface area contributed by atoms with Crippen LogP contribution in [-0.4, -0.2) is 50.2 Å². The van der Waals surface area contributed by atoms with Gasteiger partial charge in [-0.25, -0.2) is 9.78 Å². The van der Waals surface area contributed by atoms with E-state index >= 15 is 0 Å². The van der Waals surface area contributed by atoms with Crippen LogP contribution in [0.5, 0.6) is 0 Å². The maximum absolute atomic E-state index is 13.4. The molecule has 2 unspecified atom stereocenters. The number of carbonyl (C=O) groups is 2. The summed E-state index contributed by atoms with van der Waals surface area (Å²) < 4.78 is 40.3. The van der Waals surface area contributed by atoms with Crippen molar-refractivity contribution in [3.8, 4) is 0 Å². The number of amides is 1. The molecule has 1 aromatic rings. The highest BCUT2D eigenvalue weighted by Crippen LogP contribution is 2.44. The number of hydrogen-bond donors (Lipinski definition) is 2. The largest absolute Gasteiger partial charge is 0.480 e. The van der Waals surface area contributed by atoms with Crippen molar-refractivity contribution in [3.63, 3.8) is 0 Å². The van der Waals surface area contributed by atoms with Crippen LogP contribution >= 0.6 is 11.3 Å². The Hall–Kier alpha value is -1.68. The molecular weight excluding hydrogens is 349 g/mol. The first-order valence-electron chi connectivity index (χ1n) is 7.17. The normalized spacial score (nSPS) is 24.0. The van der Waals surface area contributed by atoms with Crippen molar-refractivity contribution in [1.29, 1.82) is 0 Å². The van der Waals surface area contributed by atoms with Gasteiger partial charge in [-0.1, -0.05) is 0 Å². The fourth-order valence-corrected chi connectivity index (χ4v) is 3.66. The molecule has 24 heavy (non-hydrogen) atoms. The molecule has 2 heterocycles. The fourth-order valence-electron chi connectivity index (χ4n) is 2.74. The Morgan fingerprint density at radius 2 is 2.08 bits per heavy atom. The van der Waals surface area contributed by atoms with Crippen LogP contribution < -0.4 is 0 Å². The number of aromatic nitrogens is 1. The monoisotopic (exact) mass is 366 g/mol. The van der Waals surface area contributed by atoms with Gasteiger partial charge < -0.3 is 15.1 Å². The zero-order valence-corrected chi connectivity index (χ0v) is 13.9. The number of carbonyl (C=O) groups excluding carboxylic acids is 1. The van der Waals surface area contributed by atoms with E-state index < -0.39 is 40.6 Å². The maximum atomic E-state index is 13.4. The van der Waals surface area contributed by atoms with Crippen molar-refractivity contribution in [3.05, 3.63) is 16.1 Å². The van der Waals surface area contributed by atoms with E-state index in [0.717, 1.165) is 4.90 Å². The smallest absolute Gasteiger partial charge is 0.424 e. The molecule has 0 radical (unpaired) electrons. The number of hydrogen-bond acceptors (Lipinski definition) is 5. The average molecular weight is 366 g/mol. The van der Waals surface area contributed by atoms with Crippen molar-refractivity contribution in [2.45, 2.75) is 50.4 Å². The first-order valence-corrected chi connectivity index (χ1v) is 8.05. The highest BCUT2D eigenvalue weighted by molar-refractivity contribution is 7.09. The first-order chi connectivity index (χ1) is 10.9. The lowest BCUT2D eigenvalue weighted by molar-refractivity contribution is -0.268. The van der Waals surface area contributed by atoms with Crippen LogP contribution in [0.1, 0.15) is 36.9 Å². The molecule has 1 fully saturated rings. The minimum Gasteiger partial charge on any atom is -0.480 e. The summed E-state index contributed by atoms with van der Waals surface area (Å²) in [6, 6.07) is 0. The van der Waals surface area contributed by atoms with Gasteiger partial charge in [-0.15, -0.1) is 11.3 Å². The van der Waals surface area contributed by atoms with Crippen LogP contribution in [0.2, 0.25) is 0 Å². The lowest BCUT2D eigenvalue weighted by Crippen LogP contribution is -2.54. The van der Waals surface area contributed by atoms with Crippen LogP contribution in [0.3, 0.4) is 0 Å². The number of thiazole rings is 1. The molecular formula is C14H17F3N2O4S. The van der Waals surface area contributed by atoms with Crippen molar-refractivity contribution in [1.82, 2.24) is 9.88 Å². The Kier molecular flexibility index (Phi) is 4.66. The van der Waals surface area contributed by atoms with E-state index in [2.05, 4.69) is 4.98 Å². The average Bonchev–Trinajstić information content (AvgIpc) is 3.04. The van der Waals surface area contributed by atoms with Crippen LogP contribution in [0, 0.1) is 6.92 Å². The lowest BCUT2D eigenvalue weighted by Gasteiger charge is -2.35. The summed E-state index contributed by atoms with van der Waals surface area (Å²) in [7, 11) is 0. The second-order valence-electron chi connectivity index (χ2n) is 6.06. The highest BCUT2D eigenvalue weighted by atomic mass is 32.1. The van der Waals surface area contributed by atoms with Crippen LogP contribution in [0.4, 0.5) is 13.2 Å². The zero-order chi connectivity index (χ0) is 18.3. The molecule has 1 aromatic heterocycles. The standard InChI is InChI=1S/C14H17F3N2O4S/c1-8-7-24-10(18-8)13(23,14(15,16)17)6-9(20)19-5-3-4-12(19,2)11(21)22/h7,23H,3-6H2,1-2H3,(H,21,22). The number of aliphatic hydroxyl groups is 1. The van der Waals surface area contributed by atoms with E-state index in [1.807, 2.05) is 0 Å². The highest BCUT2D eigenvalue weighted by Gasteiger charge is 2.59. The van der Waals surface area contributed by atoms with E-state index in [9.17, 15) is 33.0 Å². The van der Waals surface area contributed by atoms with E-state index in [-0.39, 0.29) is 13.0 Å². The molecule has 2 atom stereocenters. The van der Waals surface area contributed by atoms with Gasteiger partial charge in [-0.3, -0.25) is 4.79 Å². The number of aryl methyl sites for hydroxylation is 1. The van der Waals surface area contributed by atoms with Gasteiger partial charge in [-0.05, 0) is 26.7 Å². The Labute approximate surface area is 139 Å². The predicted octanol–water partition coefficient (Wildman–Crippen LogP) is 2.06. The molecule has 0 spiro atoms. The van der Waals surface area contributed by atoms with Crippen LogP contribution in [0.25, 0.3) is 0 Å². The van der Waals surface area contributed by atoms with Crippen molar-refractivity contribution in [2.24, 2.45) is 0 Å². The number of alkyl halides is 3. The summed E-state index contributed by atoms with van der Waals surface area (Å²) in [5.74, 6) is -2.35. The van der Waals surface area contributed by atoms with Crippen molar-refractivity contribution in [2.75, 3.05) is 6.54 Å². The van der Waals surface area contributed by atoms with Crippen LogP contribution in [0.15, 0.2) is 5.38 Å². The first kappa shape index (κ1) is 18.7. The third kappa shape index (κ3) is 3.00. The van der Waals surface area contributed by atoms with Gasteiger partial charge in [0, 0.05) is 17.6 Å². The third-order valence-electron chi connectivity index (χ3n) is 4.25. The SMILES string of the molecule is Cc1csc(C(O)(CC(=O)N2CCCC2(C)C(=O)O)C(F)(F)F)n1. The second kappa shape index (κ2) is 5.99. The topological polar surface area (TPSA) is 90.7 Å². The molecule has 0 bridgehead atoms. The van der Waals surface area contributed by atoms with Gasteiger partial charge in [0.25, 0.3) is 0 Å². The summed E-state index contributed by atoms with van der Waals surface area (Å²) in [5, 5.41) is 20.2. The van der Waals surface area contributed by atoms with Crippen molar-refractivity contribution >= 4 is 23.2 Å². The summed E-state index contributed by atoms with van der Waals surface area (Å²) in [4.78, 5) is 28.3. The zero-order valence-electron chi connectivity index (χ0n) is 13.1. The molecule has 1 aliphatic rings. The predicted molar refractivity (Wildman–Crippen MR) is 78.4 cm³/mol. The Balaban J connectivity index is 2.34. The Bertz CT molecular complexity index is 663. The summed E-state index contributed by atoms with van der Waals surface area (Å²) >= 11 is 0.606. The molecule has 1 amide bonds. The van der Waals surface area contributed by atoms with E-state index in [4.69, 9.17) is 0 Å². The van der Waals surface area contributed by atoms with Gasteiger partial charge in [0.1, 0.15) is 10.5 Å². The third-order valence-corrected chi connectivity index (χ3v) is 5.36. The van der Waals surface area contributed by atoms with Gasteiger partial charge in [0.15, 0.2) is 0 Å². The minimum atomic E-state index is -5.12. The molecule has 1 aliphatic heterocycles. The number of likely N-dealkylation sites (tertiary alicyclic amines) is 1. The number of carboxylic acids is 1. The van der Waals surface area contributed by atoms with Gasteiger partial charge >= 0.3 is 12.1 Å². The molecule has 2 rings (SSSR count). The summed E-state index contributed by atoms with van der Waals surface area (Å²) in [6.07, 6.45) is -5.90. The fraction of sp³-hybridized carbons (Fsp3) is 0.643. The van der Waals surface area contributed by atoms with Gasteiger partial charge in [0.2, 0.25) is 11.5 Å². The van der Waals surface area contributed by atoms with E-state index in [1.54, 1.807) is 0 Å². The number of nitrogens with zero attached hydrogens (tertiary/aromatic N) is 2. The second-order valence-corrected chi connectivity index (χ2v) is 6.91. The molecule has 2 N–H and O–H groups in total.